The van der Waals surface area contributed by atoms with Crippen LogP contribution in [0.3, 0.4) is 0 Å². The molecular formula is C17H15ClN4O. The van der Waals surface area contributed by atoms with E-state index in [0.29, 0.717) is 22.1 Å². The smallest absolute Gasteiger partial charge is 0.278 e. The molecule has 0 fully saturated rings. The highest BCUT2D eigenvalue weighted by molar-refractivity contribution is 6.32. The fourth-order valence-electron chi connectivity index (χ4n) is 2.22. The predicted octanol–water partition coefficient (Wildman–Crippen LogP) is 3.79. The lowest BCUT2D eigenvalue weighted by Crippen LogP contribution is -2.14. The lowest BCUT2D eigenvalue weighted by Gasteiger charge is -2.06. The fourth-order valence-corrected chi connectivity index (χ4v) is 2.43. The number of hydrogen-bond donors (Lipinski definition) is 1. The lowest BCUT2D eigenvalue weighted by molar-refractivity contribution is 0.102. The molecule has 1 N–H and O–H groups in total. The van der Waals surface area contributed by atoms with Crippen molar-refractivity contribution in [2.45, 2.75) is 13.8 Å². The molecule has 2 aromatic carbocycles. The van der Waals surface area contributed by atoms with Crippen LogP contribution >= 0.6 is 11.6 Å². The van der Waals surface area contributed by atoms with Crippen LogP contribution in [0.2, 0.25) is 5.02 Å². The molecule has 5 nitrogen and oxygen atoms in total. The van der Waals surface area contributed by atoms with Gasteiger partial charge in [-0.1, -0.05) is 46.6 Å². The molecule has 0 aliphatic heterocycles. The van der Waals surface area contributed by atoms with Crippen molar-refractivity contribution in [3.05, 3.63) is 70.5 Å². The first-order valence-electron chi connectivity index (χ1n) is 7.11. The molecular weight excluding hydrogens is 312 g/mol. The molecule has 23 heavy (non-hydrogen) atoms. The number of carbonyl (C=O) groups is 1. The van der Waals surface area contributed by atoms with Crippen LogP contribution in [-0.2, 0) is 0 Å². The van der Waals surface area contributed by atoms with Crippen LogP contribution in [0, 0.1) is 13.8 Å². The van der Waals surface area contributed by atoms with E-state index in [4.69, 9.17) is 11.6 Å². The second-order valence-corrected chi connectivity index (χ2v) is 5.61. The zero-order chi connectivity index (χ0) is 16.4. The van der Waals surface area contributed by atoms with Gasteiger partial charge in [-0.2, -0.15) is 0 Å². The van der Waals surface area contributed by atoms with E-state index in [0.717, 1.165) is 5.56 Å². The molecule has 0 saturated heterocycles. The number of aromatic nitrogens is 3. The Morgan fingerprint density at radius 2 is 1.78 bits per heavy atom. The van der Waals surface area contributed by atoms with Crippen molar-refractivity contribution in [2.75, 3.05) is 5.32 Å². The fraction of sp³-hybridized carbons (Fsp3) is 0.118. The van der Waals surface area contributed by atoms with Crippen molar-refractivity contribution < 1.29 is 4.79 Å². The van der Waals surface area contributed by atoms with E-state index in [2.05, 4.69) is 15.6 Å². The van der Waals surface area contributed by atoms with Gasteiger partial charge in [0.05, 0.1) is 16.4 Å². The van der Waals surface area contributed by atoms with Crippen molar-refractivity contribution in [1.82, 2.24) is 15.0 Å². The largest absolute Gasteiger partial charge is 0.321 e. The molecule has 3 aromatic rings. The van der Waals surface area contributed by atoms with Crippen LogP contribution in [0.15, 0.2) is 48.5 Å². The van der Waals surface area contributed by atoms with E-state index < -0.39 is 0 Å². The highest BCUT2D eigenvalue weighted by Crippen LogP contribution is 2.21. The number of hydrogen-bond acceptors (Lipinski definition) is 3. The van der Waals surface area contributed by atoms with Crippen molar-refractivity contribution in [3.8, 4) is 5.69 Å². The SMILES string of the molecule is Cc1ccc(NC(=O)c2nnn(-c3ccccc3Cl)c2C)cc1. The number of halogens is 1. The molecule has 0 saturated carbocycles. The van der Waals surface area contributed by atoms with Crippen molar-refractivity contribution >= 4 is 23.2 Å². The van der Waals surface area contributed by atoms with Gasteiger partial charge >= 0.3 is 0 Å². The van der Waals surface area contributed by atoms with Crippen molar-refractivity contribution in [3.63, 3.8) is 0 Å². The molecule has 0 aliphatic rings. The molecule has 0 radical (unpaired) electrons. The predicted molar refractivity (Wildman–Crippen MR) is 90.2 cm³/mol. The maximum Gasteiger partial charge on any atom is 0.278 e. The normalized spacial score (nSPS) is 10.6. The Hall–Kier alpha value is -2.66. The van der Waals surface area contributed by atoms with E-state index in [9.17, 15) is 4.79 Å². The summed E-state index contributed by atoms with van der Waals surface area (Å²) in [5, 5.41) is 11.4. The maximum atomic E-state index is 12.4. The molecule has 1 heterocycles. The van der Waals surface area contributed by atoms with Crippen LogP contribution in [0.4, 0.5) is 5.69 Å². The quantitative estimate of drug-likeness (QED) is 0.796. The second kappa shape index (κ2) is 6.22. The van der Waals surface area contributed by atoms with Gasteiger partial charge in [0.1, 0.15) is 0 Å². The Morgan fingerprint density at radius 3 is 2.48 bits per heavy atom. The first kappa shape index (κ1) is 15.2. The Morgan fingerprint density at radius 1 is 1.09 bits per heavy atom. The summed E-state index contributed by atoms with van der Waals surface area (Å²) in [4.78, 5) is 12.4. The van der Waals surface area contributed by atoms with Crippen molar-refractivity contribution in [1.29, 1.82) is 0 Å². The topological polar surface area (TPSA) is 59.8 Å². The minimum absolute atomic E-state index is 0.269. The van der Waals surface area contributed by atoms with Gasteiger partial charge in [-0.3, -0.25) is 4.79 Å². The summed E-state index contributed by atoms with van der Waals surface area (Å²) in [7, 11) is 0. The molecule has 6 heteroatoms. The highest BCUT2D eigenvalue weighted by atomic mass is 35.5. The third-order valence-electron chi connectivity index (χ3n) is 3.50. The first-order chi connectivity index (χ1) is 11.1. The van der Waals surface area contributed by atoms with Crippen LogP contribution in [0.1, 0.15) is 21.7 Å². The van der Waals surface area contributed by atoms with E-state index in [-0.39, 0.29) is 11.6 Å². The van der Waals surface area contributed by atoms with E-state index in [1.165, 1.54) is 0 Å². The molecule has 0 atom stereocenters. The van der Waals surface area contributed by atoms with Gasteiger partial charge in [0.2, 0.25) is 0 Å². The van der Waals surface area contributed by atoms with Crippen LogP contribution in [0.5, 0.6) is 0 Å². The molecule has 0 spiro atoms. The monoisotopic (exact) mass is 326 g/mol. The van der Waals surface area contributed by atoms with Gasteiger partial charge in [0.15, 0.2) is 5.69 Å². The summed E-state index contributed by atoms with van der Waals surface area (Å²) in [5.41, 5.74) is 3.43. The second-order valence-electron chi connectivity index (χ2n) is 5.21. The maximum absolute atomic E-state index is 12.4. The molecule has 1 amide bonds. The summed E-state index contributed by atoms with van der Waals surface area (Å²) in [6, 6.07) is 14.8. The Kier molecular flexibility index (Phi) is 4.12. The van der Waals surface area contributed by atoms with Gasteiger partial charge in [0.25, 0.3) is 5.91 Å². The Labute approximate surface area is 138 Å². The first-order valence-corrected chi connectivity index (χ1v) is 7.49. The summed E-state index contributed by atoms with van der Waals surface area (Å²) in [6.07, 6.45) is 0. The number of para-hydroxylation sites is 1. The number of nitrogens with zero attached hydrogens (tertiary/aromatic N) is 3. The van der Waals surface area contributed by atoms with E-state index in [1.54, 1.807) is 17.7 Å². The lowest BCUT2D eigenvalue weighted by atomic mass is 10.2. The number of benzene rings is 2. The van der Waals surface area contributed by atoms with Gasteiger partial charge in [-0.05, 0) is 38.1 Å². The highest BCUT2D eigenvalue weighted by Gasteiger charge is 2.18. The standard InChI is InChI=1S/C17H15ClN4O/c1-11-7-9-13(10-8-11)19-17(23)16-12(2)22(21-20-16)15-6-4-3-5-14(15)18/h3-10H,1-2H3,(H,19,23). The Balaban J connectivity index is 1.88. The summed E-state index contributed by atoms with van der Waals surface area (Å²) in [5.74, 6) is -0.301. The molecule has 3 rings (SSSR count). The number of anilines is 1. The molecule has 0 bridgehead atoms. The third-order valence-corrected chi connectivity index (χ3v) is 3.82. The molecule has 116 valence electrons. The van der Waals surface area contributed by atoms with Crippen molar-refractivity contribution in [2.24, 2.45) is 0 Å². The zero-order valence-corrected chi connectivity index (χ0v) is 13.5. The number of aryl methyl sites for hydroxylation is 1. The van der Waals surface area contributed by atoms with Crippen LogP contribution in [0.25, 0.3) is 5.69 Å². The molecule has 0 unspecified atom stereocenters. The van der Waals surface area contributed by atoms with Crippen LogP contribution in [-0.4, -0.2) is 20.9 Å². The van der Waals surface area contributed by atoms with Gasteiger partial charge in [-0.25, -0.2) is 4.68 Å². The number of amides is 1. The van der Waals surface area contributed by atoms with Gasteiger partial charge in [-0.15, -0.1) is 5.10 Å². The third kappa shape index (κ3) is 3.10. The number of rotatable bonds is 3. The Bertz CT molecular complexity index is 855. The number of carbonyl (C=O) groups excluding carboxylic acids is 1. The average molecular weight is 327 g/mol. The van der Waals surface area contributed by atoms with Gasteiger partial charge < -0.3 is 5.32 Å². The van der Waals surface area contributed by atoms with Gasteiger partial charge in [0, 0.05) is 5.69 Å². The van der Waals surface area contributed by atoms with Crippen LogP contribution < -0.4 is 5.32 Å². The summed E-state index contributed by atoms with van der Waals surface area (Å²) in [6.45, 7) is 3.78. The molecule has 1 aromatic heterocycles. The average Bonchev–Trinajstić information content (AvgIpc) is 2.92. The summed E-state index contributed by atoms with van der Waals surface area (Å²) >= 11 is 6.17. The number of nitrogens with one attached hydrogen (secondary N) is 1. The molecule has 0 aliphatic carbocycles. The summed E-state index contributed by atoms with van der Waals surface area (Å²) < 4.78 is 1.56. The minimum atomic E-state index is -0.301. The minimum Gasteiger partial charge on any atom is -0.321 e. The van der Waals surface area contributed by atoms with E-state index >= 15 is 0 Å². The van der Waals surface area contributed by atoms with E-state index in [1.807, 2.05) is 49.4 Å². The zero-order valence-electron chi connectivity index (χ0n) is 12.7.